The molecule has 2 rings (SSSR count). The molecule has 1 heterocycles. The van der Waals surface area contributed by atoms with E-state index in [0.29, 0.717) is 18.8 Å². The first-order chi connectivity index (χ1) is 9.18. The van der Waals surface area contributed by atoms with Crippen LogP contribution in [0.1, 0.15) is 59.8 Å². The number of likely N-dealkylation sites (tertiary alicyclic amines) is 1. The number of hydrogen-bond acceptors (Lipinski definition) is 3. The number of carbonyl (C=O) groups excluding carboxylic acids is 2. The minimum absolute atomic E-state index is 0.107. The minimum Gasteiger partial charge on any atom is -0.388 e. The zero-order chi connectivity index (χ0) is 15.1. The molecule has 114 valence electrons. The quantitative estimate of drug-likeness (QED) is 0.808. The highest BCUT2D eigenvalue weighted by Gasteiger charge is 2.51. The van der Waals surface area contributed by atoms with Crippen LogP contribution in [-0.2, 0) is 9.59 Å². The van der Waals surface area contributed by atoms with Crippen molar-refractivity contribution in [1.82, 2.24) is 4.90 Å². The van der Waals surface area contributed by atoms with Crippen LogP contribution in [-0.4, -0.2) is 34.0 Å². The van der Waals surface area contributed by atoms with Gasteiger partial charge in [0.05, 0.1) is 17.6 Å². The fourth-order valence-electron chi connectivity index (χ4n) is 3.59. The van der Waals surface area contributed by atoms with E-state index < -0.39 is 11.0 Å². The molecule has 0 aromatic carbocycles. The molecule has 1 aliphatic heterocycles. The summed E-state index contributed by atoms with van der Waals surface area (Å²) in [6.07, 6.45) is 3.73. The summed E-state index contributed by atoms with van der Waals surface area (Å²) < 4.78 is 0. The van der Waals surface area contributed by atoms with Crippen molar-refractivity contribution in [3.8, 4) is 0 Å². The second-order valence-corrected chi connectivity index (χ2v) is 7.46. The van der Waals surface area contributed by atoms with Gasteiger partial charge in [0.2, 0.25) is 11.8 Å². The molecule has 3 atom stereocenters. The molecule has 20 heavy (non-hydrogen) atoms. The summed E-state index contributed by atoms with van der Waals surface area (Å²) >= 11 is 0. The molecule has 2 aliphatic rings. The lowest BCUT2D eigenvalue weighted by Gasteiger charge is -2.38. The molecule has 4 heteroatoms. The maximum absolute atomic E-state index is 12.6. The fraction of sp³-hybridized carbons (Fsp3) is 0.875. The third kappa shape index (κ3) is 2.62. The smallest absolute Gasteiger partial charge is 0.235 e. The van der Waals surface area contributed by atoms with Crippen molar-refractivity contribution in [1.29, 1.82) is 0 Å². The van der Waals surface area contributed by atoms with Crippen molar-refractivity contribution in [2.24, 2.45) is 17.3 Å². The average molecular weight is 281 g/mol. The zero-order valence-electron chi connectivity index (χ0n) is 13.1. The second-order valence-electron chi connectivity index (χ2n) is 7.46. The van der Waals surface area contributed by atoms with Crippen LogP contribution < -0.4 is 0 Å². The number of imide groups is 1. The maximum atomic E-state index is 12.6. The lowest BCUT2D eigenvalue weighted by molar-refractivity contribution is -0.147. The minimum atomic E-state index is -0.884. The molecule has 1 N–H and O–H groups in total. The van der Waals surface area contributed by atoms with Crippen molar-refractivity contribution >= 4 is 11.8 Å². The lowest BCUT2D eigenvalue weighted by Crippen LogP contribution is -2.49. The monoisotopic (exact) mass is 281 g/mol. The van der Waals surface area contributed by atoms with E-state index in [9.17, 15) is 14.7 Å². The van der Waals surface area contributed by atoms with Crippen molar-refractivity contribution in [3.63, 3.8) is 0 Å². The molecular weight excluding hydrogens is 254 g/mol. The Morgan fingerprint density at radius 3 is 2.55 bits per heavy atom. The topological polar surface area (TPSA) is 57.6 Å². The molecular formula is C16H27NO3. The first kappa shape index (κ1) is 15.5. The van der Waals surface area contributed by atoms with Crippen LogP contribution in [0, 0.1) is 17.3 Å². The molecule has 0 spiro atoms. The molecule has 4 nitrogen and oxygen atoms in total. The highest BCUT2D eigenvalue weighted by atomic mass is 16.3. The number of carbonyl (C=O) groups is 2. The van der Waals surface area contributed by atoms with Gasteiger partial charge in [-0.15, -0.1) is 0 Å². The van der Waals surface area contributed by atoms with Gasteiger partial charge in [-0.1, -0.05) is 33.6 Å². The second kappa shape index (κ2) is 5.14. The average Bonchev–Trinajstić information content (AvgIpc) is 2.53. The summed E-state index contributed by atoms with van der Waals surface area (Å²) in [6, 6.07) is 0. The van der Waals surface area contributed by atoms with Gasteiger partial charge in [-0.2, -0.15) is 0 Å². The van der Waals surface area contributed by atoms with Crippen LogP contribution in [0.25, 0.3) is 0 Å². The van der Waals surface area contributed by atoms with E-state index in [1.807, 2.05) is 20.8 Å². The Morgan fingerprint density at radius 1 is 1.40 bits per heavy atom. The van der Waals surface area contributed by atoms with E-state index in [1.165, 1.54) is 4.90 Å². The molecule has 1 saturated heterocycles. The number of rotatable bonds is 3. The Morgan fingerprint density at radius 2 is 2.05 bits per heavy atom. The van der Waals surface area contributed by atoms with Gasteiger partial charge in [-0.25, -0.2) is 0 Å². The Hall–Kier alpha value is -0.900. The van der Waals surface area contributed by atoms with Crippen LogP contribution >= 0.6 is 0 Å². The van der Waals surface area contributed by atoms with Gasteiger partial charge in [-0.05, 0) is 31.6 Å². The van der Waals surface area contributed by atoms with Crippen molar-refractivity contribution < 1.29 is 14.7 Å². The molecule has 0 bridgehead atoms. The van der Waals surface area contributed by atoms with Gasteiger partial charge in [0, 0.05) is 6.42 Å². The molecule has 2 fully saturated rings. The van der Waals surface area contributed by atoms with E-state index >= 15 is 0 Å². The van der Waals surface area contributed by atoms with Crippen LogP contribution in [0.15, 0.2) is 0 Å². The third-order valence-corrected chi connectivity index (χ3v) is 5.35. The molecule has 1 saturated carbocycles. The third-order valence-electron chi connectivity index (χ3n) is 5.35. The van der Waals surface area contributed by atoms with E-state index in [2.05, 4.69) is 6.92 Å². The summed E-state index contributed by atoms with van der Waals surface area (Å²) in [5.74, 6) is 0.351. The number of aliphatic hydroxyl groups is 1. The van der Waals surface area contributed by atoms with Gasteiger partial charge in [0.1, 0.15) is 0 Å². The van der Waals surface area contributed by atoms with Crippen molar-refractivity contribution in [2.75, 3.05) is 6.54 Å². The molecule has 1 aliphatic carbocycles. The fourth-order valence-corrected chi connectivity index (χ4v) is 3.59. The van der Waals surface area contributed by atoms with E-state index in [4.69, 9.17) is 0 Å². The van der Waals surface area contributed by atoms with Crippen LogP contribution in [0.2, 0.25) is 0 Å². The summed E-state index contributed by atoms with van der Waals surface area (Å²) in [5.41, 5.74) is -1.49. The van der Waals surface area contributed by atoms with Gasteiger partial charge in [-0.3, -0.25) is 14.5 Å². The predicted octanol–water partition coefficient (Wildman–Crippen LogP) is 2.35. The largest absolute Gasteiger partial charge is 0.388 e. The number of β-amino-alcohol motifs (C(OH)–C–C–N with tert-alkyl or cyclic N) is 1. The Bertz CT molecular complexity index is 420. The first-order valence-corrected chi connectivity index (χ1v) is 7.75. The van der Waals surface area contributed by atoms with E-state index in [1.54, 1.807) is 0 Å². The molecule has 0 radical (unpaired) electrons. The summed E-state index contributed by atoms with van der Waals surface area (Å²) in [4.78, 5) is 26.1. The highest BCUT2D eigenvalue weighted by Crippen LogP contribution is 2.41. The van der Waals surface area contributed by atoms with Gasteiger partial charge < -0.3 is 5.11 Å². The zero-order valence-corrected chi connectivity index (χ0v) is 13.1. The van der Waals surface area contributed by atoms with Crippen LogP contribution in [0.4, 0.5) is 0 Å². The first-order valence-electron chi connectivity index (χ1n) is 7.75. The predicted molar refractivity (Wildman–Crippen MR) is 76.9 cm³/mol. The normalized spacial score (nSPS) is 38.9. The Balaban J connectivity index is 2.14. The van der Waals surface area contributed by atoms with Gasteiger partial charge in [0.15, 0.2) is 0 Å². The summed E-state index contributed by atoms with van der Waals surface area (Å²) in [7, 11) is 0. The maximum Gasteiger partial charge on any atom is 0.235 e. The lowest BCUT2D eigenvalue weighted by atomic mass is 9.77. The van der Waals surface area contributed by atoms with Gasteiger partial charge >= 0.3 is 0 Å². The van der Waals surface area contributed by atoms with Crippen LogP contribution in [0.3, 0.4) is 0 Å². The summed E-state index contributed by atoms with van der Waals surface area (Å²) in [5, 5.41) is 10.7. The number of hydrogen-bond donors (Lipinski definition) is 1. The molecule has 2 amide bonds. The van der Waals surface area contributed by atoms with Crippen molar-refractivity contribution in [3.05, 3.63) is 0 Å². The molecule has 0 aromatic rings. The van der Waals surface area contributed by atoms with E-state index in [0.717, 1.165) is 12.8 Å². The standard InChI is InChI=1S/C16H27NO3/c1-11(2)15(4)9-13(18)17(14(15)19)10-16(20)7-5-6-12(3)8-16/h11-12,20H,5-10H2,1-4H3. The van der Waals surface area contributed by atoms with Gasteiger partial charge in [0.25, 0.3) is 0 Å². The van der Waals surface area contributed by atoms with Crippen molar-refractivity contribution in [2.45, 2.75) is 65.4 Å². The molecule has 3 unspecified atom stereocenters. The Labute approximate surface area is 121 Å². The number of nitrogens with zero attached hydrogens (tertiary/aromatic N) is 1. The molecule has 0 aromatic heterocycles. The van der Waals surface area contributed by atoms with Crippen LogP contribution in [0.5, 0.6) is 0 Å². The number of amides is 2. The summed E-state index contributed by atoms with van der Waals surface area (Å²) in [6.45, 7) is 8.12. The SMILES string of the molecule is CC1CCCC(O)(CN2C(=O)CC(C)(C(C)C)C2=O)C1. The van der Waals surface area contributed by atoms with E-state index in [-0.39, 0.29) is 30.7 Å². The Kier molecular flexibility index (Phi) is 3.98. The highest BCUT2D eigenvalue weighted by molar-refractivity contribution is 6.05.